The van der Waals surface area contributed by atoms with Gasteiger partial charge in [-0.15, -0.1) is 0 Å². The van der Waals surface area contributed by atoms with Gasteiger partial charge in [0, 0.05) is 26.8 Å². The normalized spacial score (nSPS) is 14.5. The number of amides is 1. The summed E-state index contributed by atoms with van der Waals surface area (Å²) < 4.78 is 1.11. The number of hydrogen-bond donors (Lipinski definition) is 2. The van der Waals surface area contributed by atoms with Crippen LogP contribution in [-0.2, 0) is 0 Å². The molecule has 1 aliphatic rings. The lowest BCUT2D eigenvalue weighted by molar-refractivity contribution is 0.102. The first kappa shape index (κ1) is 11.7. The molecule has 1 aromatic carbocycles. The average Bonchev–Trinajstić information content (AvgIpc) is 3.11. The molecule has 92 valence electrons. The number of nitrogens with zero attached hydrogens (tertiary/aromatic N) is 1. The molecular weight excluding hydrogens is 341 g/mol. The molecule has 1 heterocycles. The third kappa shape index (κ3) is 2.55. The molecule has 0 saturated heterocycles. The Morgan fingerprint density at radius 1 is 1.33 bits per heavy atom. The first-order valence-corrected chi connectivity index (χ1v) is 6.92. The van der Waals surface area contributed by atoms with Crippen molar-refractivity contribution in [2.45, 2.75) is 18.8 Å². The zero-order chi connectivity index (χ0) is 12.5. The average molecular weight is 353 g/mol. The Balaban J connectivity index is 1.70. The fraction of sp³-hybridized carbons (Fsp3) is 0.231. The summed E-state index contributed by atoms with van der Waals surface area (Å²) >= 11 is 2.21. The van der Waals surface area contributed by atoms with E-state index in [2.05, 4.69) is 38.1 Å². The van der Waals surface area contributed by atoms with Crippen LogP contribution >= 0.6 is 22.6 Å². The van der Waals surface area contributed by atoms with Crippen molar-refractivity contribution in [1.82, 2.24) is 10.2 Å². The first-order valence-electron chi connectivity index (χ1n) is 5.84. The van der Waals surface area contributed by atoms with E-state index >= 15 is 0 Å². The maximum absolute atomic E-state index is 12.0. The van der Waals surface area contributed by atoms with Gasteiger partial charge in [-0.2, -0.15) is 5.10 Å². The van der Waals surface area contributed by atoms with Crippen molar-refractivity contribution in [3.05, 3.63) is 45.2 Å². The molecule has 1 aliphatic carbocycles. The SMILES string of the molecule is O=C(Nc1cc(C2CC2)[nH]n1)c1ccc(I)cc1. The smallest absolute Gasteiger partial charge is 0.256 e. The predicted octanol–water partition coefficient (Wildman–Crippen LogP) is 3.14. The molecule has 1 saturated carbocycles. The van der Waals surface area contributed by atoms with Crippen LogP contribution < -0.4 is 5.32 Å². The Hall–Kier alpha value is -1.37. The van der Waals surface area contributed by atoms with E-state index in [-0.39, 0.29) is 5.91 Å². The maximum Gasteiger partial charge on any atom is 0.256 e. The van der Waals surface area contributed by atoms with Crippen LogP contribution in [0.15, 0.2) is 30.3 Å². The molecular formula is C13H12IN3O. The van der Waals surface area contributed by atoms with Gasteiger partial charge >= 0.3 is 0 Å². The lowest BCUT2D eigenvalue weighted by Gasteiger charge is -2.01. The van der Waals surface area contributed by atoms with E-state index in [4.69, 9.17) is 0 Å². The first-order chi connectivity index (χ1) is 8.72. The highest BCUT2D eigenvalue weighted by atomic mass is 127. The molecule has 3 rings (SSSR count). The summed E-state index contributed by atoms with van der Waals surface area (Å²) in [6.45, 7) is 0. The molecule has 0 aliphatic heterocycles. The van der Waals surface area contributed by atoms with Crippen LogP contribution in [-0.4, -0.2) is 16.1 Å². The number of nitrogens with one attached hydrogen (secondary N) is 2. The number of aromatic amines is 1. The van der Waals surface area contributed by atoms with Gasteiger partial charge in [-0.1, -0.05) is 0 Å². The molecule has 0 atom stereocenters. The molecule has 2 N–H and O–H groups in total. The van der Waals surface area contributed by atoms with E-state index in [0.717, 1.165) is 9.26 Å². The summed E-state index contributed by atoms with van der Waals surface area (Å²) in [7, 11) is 0. The third-order valence-electron chi connectivity index (χ3n) is 2.96. The highest BCUT2D eigenvalue weighted by Gasteiger charge is 2.25. The van der Waals surface area contributed by atoms with Gasteiger partial charge in [0.25, 0.3) is 5.91 Å². The molecule has 0 radical (unpaired) electrons. The fourth-order valence-electron chi connectivity index (χ4n) is 1.79. The van der Waals surface area contributed by atoms with Crippen LogP contribution in [0.3, 0.4) is 0 Å². The van der Waals surface area contributed by atoms with Crippen LogP contribution in [0, 0.1) is 3.57 Å². The van der Waals surface area contributed by atoms with Crippen LogP contribution in [0.25, 0.3) is 0 Å². The van der Waals surface area contributed by atoms with Crippen LogP contribution in [0.5, 0.6) is 0 Å². The van der Waals surface area contributed by atoms with Crippen LogP contribution in [0.4, 0.5) is 5.82 Å². The van der Waals surface area contributed by atoms with E-state index in [9.17, 15) is 4.79 Å². The predicted molar refractivity (Wildman–Crippen MR) is 77.7 cm³/mol. The number of benzene rings is 1. The van der Waals surface area contributed by atoms with Crippen molar-refractivity contribution in [1.29, 1.82) is 0 Å². The molecule has 0 unspecified atom stereocenters. The molecule has 1 aromatic heterocycles. The van der Waals surface area contributed by atoms with Crippen molar-refractivity contribution in [3.8, 4) is 0 Å². The minimum atomic E-state index is -0.125. The van der Waals surface area contributed by atoms with Crippen molar-refractivity contribution in [2.24, 2.45) is 0 Å². The Morgan fingerprint density at radius 3 is 2.72 bits per heavy atom. The van der Waals surface area contributed by atoms with Gasteiger partial charge < -0.3 is 5.32 Å². The standard InChI is InChI=1S/C13H12IN3O/c14-10-5-3-9(4-6-10)13(18)15-12-7-11(16-17-12)8-1-2-8/h3-8H,1-2H2,(H2,15,16,17,18). The zero-order valence-electron chi connectivity index (χ0n) is 9.61. The summed E-state index contributed by atoms with van der Waals surface area (Å²) in [5.74, 6) is 1.09. The minimum Gasteiger partial charge on any atom is -0.305 e. The highest BCUT2D eigenvalue weighted by molar-refractivity contribution is 14.1. The van der Waals surface area contributed by atoms with E-state index in [1.807, 2.05) is 30.3 Å². The Morgan fingerprint density at radius 2 is 2.06 bits per heavy atom. The van der Waals surface area contributed by atoms with Gasteiger partial charge in [-0.3, -0.25) is 9.89 Å². The van der Waals surface area contributed by atoms with E-state index < -0.39 is 0 Å². The Kier molecular flexibility index (Phi) is 3.07. The molecule has 2 aromatic rings. The number of carbonyl (C=O) groups excluding carboxylic acids is 1. The lowest BCUT2D eigenvalue weighted by Crippen LogP contribution is -2.11. The summed E-state index contributed by atoms with van der Waals surface area (Å²) in [5.41, 5.74) is 1.76. The number of anilines is 1. The highest BCUT2D eigenvalue weighted by Crippen LogP contribution is 2.39. The van der Waals surface area contributed by atoms with Crippen LogP contribution in [0.1, 0.15) is 34.8 Å². The molecule has 0 bridgehead atoms. The number of hydrogen-bond acceptors (Lipinski definition) is 2. The molecule has 5 heteroatoms. The van der Waals surface area contributed by atoms with Gasteiger partial charge in [0.1, 0.15) is 0 Å². The Bertz CT molecular complexity index is 572. The van der Waals surface area contributed by atoms with E-state index in [1.54, 1.807) is 0 Å². The molecule has 1 amide bonds. The topological polar surface area (TPSA) is 57.8 Å². The number of carbonyl (C=O) groups is 1. The number of aromatic nitrogens is 2. The molecule has 4 nitrogen and oxygen atoms in total. The number of halogens is 1. The molecule has 18 heavy (non-hydrogen) atoms. The fourth-order valence-corrected chi connectivity index (χ4v) is 2.15. The summed E-state index contributed by atoms with van der Waals surface area (Å²) in [6.07, 6.45) is 2.43. The number of H-pyrrole nitrogens is 1. The summed E-state index contributed by atoms with van der Waals surface area (Å²) in [5, 5.41) is 9.87. The van der Waals surface area contributed by atoms with Crippen molar-refractivity contribution >= 4 is 34.3 Å². The van der Waals surface area contributed by atoms with Gasteiger partial charge in [-0.25, -0.2) is 0 Å². The second-order valence-electron chi connectivity index (χ2n) is 4.44. The maximum atomic E-state index is 12.0. The van der Waals surface area contributed by atoms with Gasteiger partial charge in [0.2, 0.25) is 0 Å². The van der Waals surface area contributed by atoms with E-state index in [1.165, 1.54) is 12.8 Å². The quantitative estimate of drug-likeness (QED) is 0.833. The van der Waals surface area contributed by atoms with Gasteiger partial charge in [0.05, 0.1) is 0 Å². The monoisotopic (exact) mass is 353 g/mol. The summed E-state index contributed by atoms with van der Waals surface area (Å²) in [4.78, 5) is 12.0. The van der Waals surface area contributed by atoms with Crippen LogP contribution in [0.2, 0.25) is 0 Å². The van der Waals surface area contributed by atoms with E-state index in [0.29, 0.717) is 17.3 Å². The van der Waals surface area contributed by atoms with Gasteiger partial charge in [0.15, 0.2) is 5.82 Å². The van der Waals surface area contributed by atoms with Crippen molar-refractivity contribution < 1.29 is 4.79 Å². The third-order valence-corrected chi connectivity index (χ3v) is 3.68. The van der Waals surface area contributed by atoms with Crippen molar-refractivity contribution in [2.75, 3.05) is 5.32 Å². The molecule has 0 spiro atoms. The van der Waals surface area contributed by atoms with Gasteiger partial charge in [-0.05, 0) is 59.7 Å². The van der Waals surface area contributed by atoms with Crippen molar-refractivity contribution in [3.63, 3.8) is 0 Å². The Labute approximate surface area is 118 Å². The zero-order valence-corrected chi connectivity index (χ0v) is 11.8. The second-order valence-corrected chi connectivity index (χ2v) is 5.69. The minimum absolute atomic E-state index is 0.125. The number of rotatable bonds is 3. The lowest BCUT2D eigenvalue weighted by atomic mass is 10.2. The molecule has 1 fully saturated rings. The second kappa shape index (κ2) is 4.72. The summed E-state index contributed by atoms with van der Waals surface area (Å²) in [6, 6.07) is 9.37. The largest absolute Gasteiger partial charge is 0.305 e.